The Hall–Kier alpha value is -2.01. The number of rotatable bonds is 3. The third-order valence-electron chi connectivity index (χ3n) is 3.27. The quantitative estimate of drug-likeness (QED) is 0.798. The summed E-state index contributed by atoms with van der Waals surface area (Å²) in [5.41, 5.74) is 1.87. The van der Waals surface area contributed by atoms with Crippen LogP contribution in [0.4, 0.5) is 0 Å². The van der Waals surface area contributed by atoms with Gasteiger partial charge in [0.05, 0.1) is 0 Å². The Balaban J connectivity index is 1.62. The van der Waals surface area contributed by atoms with E-state index in [2.05, 4.69) is 16.7 Å². The molecule has 0 radical (unpaired) electrons. The molecule has 0 fully saturated rings. The Morgan fingerprint density at radius 1 is 1.32 bits per heavy atom. The summed E-state index contributed by atoms with van der Waals surface area (Å²) < 4.78 is 10.5. The number of carbonyl (C=O) groups excluding carboxylic acids is 1. The maximum absolute atomic E-state index is 12.0. The third-order valence-corrected chi connectivity index (χ3v) is 3.27. The fourth-order valence-corrected chi connectivity index (χ4v) is 2.16. The number of amides is 1. The van der Waals surface area contributed by atoms with Crippen molar-refractivity contribution < 1.29 is 14.3 Å². The number of ether oxygens (including phenoxy) is 2. The van der Waals surface area contributed by atoms with Crippen LogP contribution >= 0.6 is 0 Å². The lowest BCUT2D eigenvalue weighted by atomic mass is 10.1. The van der Waals surface area contributed by atoms with Gasteiger partial charge in [-0.3, -0.25) is 4.79 Å². The Kier molecular flexibility index (Phi) is 3.37. The van der Waals surface area contributed by atoms with Crippen LogP contribution < -0.4 is 20.1 Å². The molecule has 19 heavy (non-hydrogen) atoms. The van der Waals surface area contributed by atoms with Crippen molar-refractivity contribution in [2.45, 2.75) is 6.42 Å². The topological polar surface area (TPSA) is 59.6 Å². The average Bonchev–Trinajstić information content (AvgIpc) is 2.93. The lowest BCUT2D eigenvalue weighted by Gasteiger charge is -2.14. The molecule has 1 amide bonds. The maximum atomic E-state index is 12.0. The van der Waals surface area contributed by atoms with Crippen LogP contribution in [0.1, 0.15) is 16.8 Å². The maximum Gasteiger partial charge on any atom is 0.251 e. The summed E-state index contributed by atoms with van der Waals surface area (Å²) in [6.07, 6.45) is 3.12. The number of carbonyl (C=O) groups is 1. The molecule has 2 aliphatic heterocycles. The van der Waals surface area contributed by atoms with Crippen LogP contribution in [0.5, 0.6) is 11.5 Å². The minimum atomic E-state index is -0.0854. The van der Waals surface area contributed by atoms with Crippen molar-refractivity contribution in [2.75, 3.05) is 26.4 Å². The van der Waals surface area contributed by atoms with Crippen LogP contribution in [-0.4, -0.2) is 32.3 Å². The van der Waals surface area contributed by atoms with Gasteiger partial charge in [-0.25, -0.2) is 0 Å². The van der Waals surface area contributed by atoms with E-state index in [-0.39, 0.29) is 12.7 Å². The van der Waals surface area contributed by atoms with E-state index in [1.165, 1.54) is 5.57 Å². The Labute approximate surface area is 111 Å². The highest BCUT2D eigenvalue weighted by Crippen LogP contribution is 2.32. The van der Waals surface area contributed by atoms with E-state index in [0.29, 0.717) is 23.6 Å². The largest absolute Gasteiger partial charge is 0.454 e. The molecule has 0 unspecified atom stereocenters. The molecule has 0 atom stereocenters. The van der Waals surface area contributed by atoms with Gasteiger partial charge in [0.2, 0.25) is 6.79 Å². The number of hydrogen-bond acceptors (Lipinski definition) is 4. The molecule has 2 heterocycles. The zero-order valence-corrected chi connectivity index (χ0v) is 10.6. The van der Waals surface area contributed by atoms with Gasteiger partial charge in [-0.2, -0.15) is 0 Å². The van der Waals surface area contributed by atoms with Crippen molar-refractivity contribution in [1.82, 2.24) is 10.6 Å². The molecule has 1 aromatic rings. The van der Waals surface area contributed by atoms with Gasteiger partial charge in [0, 0.05) is 18.7 Å². The summed E-state index contributed by atoms with van der Waals surface area (Å²) in [5.74, 6) is 1.24. The minimum absolute atomic E-state index is 0.0854. The zero-order valence-electron chi connectivity index (χ0n) is 10.6. The lowest BCUT2D eigenvalue weighted by Crippen LogP contribution is -2.29. The highest BCUT2D eigenvalue weighted by molar-refractivity contribution is 5.95. The summed E-state index contributed by atoms with van der Waals surface area (Å²) in [7, 11) is 0. The minimum Gasteiger partial charge on any atom is -0.454 e. The van der Waals surface area contributed by atoms with E-state index in [1.54, 1.807) is 18.2 Å². The van der Waals surface area contributed by atoms with Gasteiger partial charge < -0.3 is 20.1 Å². The van der Waals surface area contributed by atoms with Crippen molar-refractivity contribution in [3.63, 3.8) is 0 Å². The molecule has 5 nitrogen and oxygen atoms in total. The fraction of sp³-hybridized carbons (Fsp3) is 0.357. The summed E-state index contributed by atoms with van der Waals surface area (Å²) in [5, 5.41) is 6.17. The first kappa shape index (κ1) is 12.0. The predicted octanol–water partition coefficient (Wildman–Crippen LogP) is 1.06. The first-order chi connectivity index (χ1) is 9.33. The molecule has 0 aliphatic carbocycles. The molecule has 0 bridgehead atoms. The predicted molar refractivity (Wildman–Crippen MR) is 70.5 cm³/mol. The number of benzene rings is 1. The van der Waals surface area contributed by atoms with Crippen LogP contribution in [-0.2, 0) is 0 Å². The molecule has 100 valence electrons. The van der Waals surface area contributed by atoms with Gasteiger partial charge in [0.25, 0.3) is 5.91 Å². The molecule has 2 aliphatic rings. The highest BCUT2D eigenvalue weighted by Gasteiger charge is 2.16. The average molecular weight is 260 g/mol. The first-order valence-corrected chi connectivity index (χ1v) is 6.39. The van der Waals surface area contributed by atoms with E-state index in [0.717, 1.165) is 19.5 Å². The van der Waals surface area contributed by atoms with Gasteiger partial charge in [-0.05, 0) is 31.2 Å². The smallest absolute Gasteiger partial charge is 0.251 e. The molecule has 2 N–H and O–H groups in total. The molecule has 0 saturated carbocycles. The molecule has 0 aromatic heterocycles. The summed E-state index contributed by atoms with van der Waals surface area (Å²) in [6, 6.07) is 5.23. The summed E-state index contributed by atoms with van der Waals surface area (Å²) >= 11 is 0. The second-order valence-electron chi connectivity index (χ2n) is 4.57. The first-order valence-electron chi connectivity index (χ1n) is 6.39. The van der Waals surface area contributed by atoms with Crippen molar-refractivity contribution in [3.8, 4) is 11.5 Å². The van der Waals surface area contributed by atoms with Gasteiger partial charge in [0.15, 0.2) is 11.5 Å². The van der Waals surface area contributed by atoms with E-state index < -0.39 is 0 Å². The Morgan fingerprint density at radius 3 is 3.05 bits per heavy atom. The molecular formula is C14H16N2O3. The summed E-state index contributed by atoms with van der Waals surface area (Å²) in [4.78, 5) is 12.0. The van der Waals surface area contributed by atoms with Gasteiger partial charge in [-0.1, -0.05) is 11.6 Å². The molecule has 0 spiro atoms. The molecule has 0 saturated heterocycles. The van der Waals surface area contributed by atoms with Crippen molar-refractivity contribution in [2.24, 2.45) is 0 Å². The van der Waals surface area contributed by atoms with Crippen LogP contribution in [0, 0.1) is 0 Å². The van der Waals surface area contributed by atoms with Crippen LogP contribution in [0.3, 0.4) is 0 Å². The highest BCUT2D eigenvalue weighted by atomic mass is 16.7. The Morgan fingerprint density at radius 2 is 2.21 bits per heavy atom. The molecular weight excluding hydrogens is 244 g/mol. The van der Waals surface area contributed by atoms with Gasteiger partial charge in [-0.15, -0.1) is 0 Å². The second kappa shape index (κ2) is 5.32. The number of fused-ring (bicyclic) bond motifs is 1. The number of hydrogen-bond donors (Lipinski definition) is 2. The van der Waals surface area contributed by atoms with Crippen molar-refractivity contribution >= 4 is 5.91 Å². The third kappa shape index (κ3) is 2.71. The van der Waals surface area contributed by atoms with Crippen molar-refractivity contribution in [1.29, 1.82) is 0 Å². The van der Waals surface area contributed by atoms with Gasteiger partial charge in [0.1, 0.15) is 0 Å². The SMILES string of the molecule is O=C(NCC1=CCNCC1)c1ccc2c(c1)OCO2. The fourth-order valence-electron chi connectivity index (χ4n) is 2.16. The molecule has 1 aromatic carbocycles. The van der Waals surface area contributed by atoms with Crippen LogP contribution in [0.2, 0.25) is 0 Å². The van der Waals surface area contributed by atoms with E-state index >= 15 is 0 Å². The van der Waals surface area contributed by atoms with Crippen molar-refractivity contribution in [3.05, 3.63) is 35.4 Å². The lowest BCUT2D eigenvalue weighted by molar-refractivity contribution is 0.0956. The monoisotopic (exact) mass is 260 g/mol. The van der Waals surface area contributed by atoms with Gasteiger partial charge >= 0.3 is 0 Å². The van der Waals surface area contributed by atoms with E-state index in [4.69, 9.17) is 9.47 Å². The summed E-state index contributed by atoms with van der Waals surface area (Å²) in [6.45, 7) is 2.69. The standard InChI is InChI=1S/C14H16N2O3/c17-14(16-8-10-3-5-15-6-4-10)11-1-2-12-13(7-11)19-9-18-12/h1-3,7,15H,4-6,8-9H2,(H,16,17). The van der Waals surface area contributed by atoms with E-state index in [9.17, 15) is 4.79 Å². The normalized spacial score (nSPS) is 16.9. The zero-order chi connectivity index (χ0) is 13.1. The Bertz CT molecular complexity index is 525. The van der Waals surface area contributed by atoms with Crippen LogP contribution in [0.25, 0.3) is 0 Å². The second-order valence-corrected chi connectivity index (χ2v) is 4.57. The van der Waals surface area contributed by atoms with Crippen LogP contribution in [0.15, 0.2) is 29.8 Å². The molecule has 3 rings (SSSR count). The van der Waals surface area contributed by atoms with E-state index in [1.807, 2.05) is 0 Å². The molecule has 5 heteroatoms. The number of nitrogens with one attached hydrogen (secondary N) is 2.